The van der Waals surface area contributed by atoms with Gasteiger partial charge in [0, 0.05) is 19.1 Å². The topological polar surface area (TPSA) is 28.2 Å². The van der Waals surface area contributed by atoms with Crippen LogP contribution in [-0.2, 0) is 6.54 Å². The van der Waals surface area contributed by atoms with Crippen LogP contribution in [0.3, 0.4) is 0 Å². The maximum atomic E-state index is 6.25. The first-order valence-corrected chi connectivity index (χ1v) is 8.56. The second kappa shape index (κ2) is 8.00. The fraction of sp³-hybridized carbons (Fsp3) is 0.706. The van der Waals surface area contributed by atoms with Gasteiger partial charge in [-0.3, -0.25) is 0 Å². The molecule has 1 fully saturated rings. The van der Waals surface area contributed by atoms with E-state index in [0.29, 0.717) is 6.04 Å². The predicted molar refractivity (Wildman–Crippen MR) is 91.1 cm³/mol. The Morgan fingerprint density at radius 1 is 1.33 bits per heavy atom. The van der Waals surface area contributed by atoms with Crippen LogP contribution in [0.15, 0.2) is 12.1 Å². The van der Waals surface area contributed by atoms with Gasteiger partial charge in [-0.05, 0) is 44.4 Å². The Balaban J connectivity index is 2.20. The monoisotopic (exact) mass is 309 g/mol. The van der Waals surface area contributed by atoms with Gasteiger partial charge in [0.05, 0.1) is 10.7 Å². The molecule has 0 aromatic carbocycles. The van der Waals surface area contributed by atoms with Gasteiger partial charge in [-0.15, -0.1) is 0 Å². The van der Waals surface area contributed by atoms with Crippen molar-refractivity contribution < 1.29 is 0 Å². The SMILES string of the molecule is CNCc1nc(N(CCC(C)C)C2CCCC2)ccc1Cl. The van der Waals surface area contributed by atoms with Crippen LogP contribution in [-0.4, -0.2) is 24.6 Å². The molecule has 1 aromatic heterocycles. The summed E-state index contributed by atoms with van der Waals surface area (Å²) in [6.45, 7) is 6.38. The molecule has 0 saturated heterocycles. The van der Waals surface area contributed by atoms with Crippen molar-refractivity contribution >= 4 is 17.4 Å². The largest absolute Gasteiger partial charge is 0.354 e. The van der Waals surface area contributed by atoms with E-state index in [1.54, 1.807) is 0 Å². The molecule has 0 bridgehead atoms. The summed E-state index contributed by atoms with van der Waals surface area (Å²) < 4.78 is 0. The zero-order valence-corrected chi connectivity index (χ0v) is 14.3. The molecule has 1 heterocycles. The highest BCUT2D eigenvalue weighted by atomic mass is 35.5. The van der Waals surface area contributed by atoms with E-state index in [-0.39, 0.29) is 0 Å². The Kier molecular flexibility index (Phi) is 6.31. The zero-order chi connectivity index (χ0) is 15.2. The Labute approximate surface area is 134 Å². The molecule has 0 aliphatic heterocycles. The smallest absolute Gasteiger partial charge is 0.129 e. The number of pyridine rings is 1. The number of hydrogen-bond donors (Lipinski definition) is 1. The van der Waals surface area contributed by atoms with Crippen LogP contribution in [0.1, 0.15) is 51.6 Å². The van der Waals surface area contributed by atoms with Gasteiger partial charge in [0.2, 0.25) is 0 Å². The molecule has 0 atom stereocenters. The summed E-state index contributed by atoms with van der Waals surface area (Å²) in [5.41, 5.74) is 0.948. The highest BCUT2D eigenvalue weighted by Gasteiger charge is 2.24. The van der Waals surface area contributed by atoms with E-state index >= 15 is 0 Å². The summed E-state index contributed by atoms with van der Waals surface area (Å²) >= 11 is 6.25. The Bertz CT molecular complexity index is 442. The number of hydrogen-bond acceptors (Lipinski definition) is 3. The van der Waals surface area contributed by atoms with E-state index in [0.717, 1.165) is 35.5 Å². The molecule has 1 aliphatic carbocycles. The van der Waals surface area contributed by atoms with Gasteiger partial charge in [0.25, 0.3) is 0 Å². The summed E-state index contributed by atoms with van der Waals surface area (Å²) in [6.07, 6.45) is 6.50. The Morgan fingerprint density at radius 2 is 2.05 bits per heavy atom. The minimum absolute atomic E-state index is 0.653. The Hall–Kier alpha value is -0.800. The summed E-state index contributed by atoms with van der Waals surface area (Å²) in [5.74, 6) is 1.81. The van der Waals surface area contributed by atoms with Gasteiger partial charge >= 0.3 is 0 Å². The second-order valence-corrected chi connectivity index (χ2v) is 6.85. The molecular formula is C17H28ClN3. The molecule has 0 unspecified atom stereocenters. The highest BCUT2D eigenvalue weighted by Crippen LogP contribution is 2.29. The van der Waals surface area contributed by atoms with Gasteiger partial charge in [0.1, 0.15) is 5.82 Å². The van der Waals surface area contributed by atoms with Crippen molar-refractivity contribution in [2.45, 2.75) is 58.5 Å². The molecule has 1 aromatic rings. The van der Waals surface area contributed by atoms with E-state index in [2.05, 4.69) is 30.1 Å². The number of nitrogens with zero attached hydrogens (tertiary/aromatic N) is 2. The minimum atomic E-state index is 0.653. The summed E-state index contributed by atoms with van der Waals surface area (Å²) in [6, 6.07) is 4.73. The van der Waals surface area contributed by atoms with Crippen LogP contribution >= 0.6 is 11.6 Å². The minimum Gasteiger partial charge on any atom is -0.354 e. The van der Waals surface area contributed by atoms with E-state index in [1.165, 1.54) is 32.1 Å². The molecule has 0 radical (unpaired) electrons. The quantitative estimate of drug-likeness (QED) is 0.816. The lowest BCUT2D eigenvalue weighted by Gasteiger charge is -2.31. The molecule has 4 heteroatoms. The maximum absolute atomic E-state index is 6.25. The normalized spacial score (nSPS) is 15.9. The van der Waals surface area contributed by atoms with Crippen molar-refractivity contribution in [1.29, 1.82) is 0 Å². The van der Waals surface area contributed by atoms with Crippen LogP contribution in [0.5, 0.6) is 0 Å². The van der Waals surface area contributed by atoms with Crippen LogP contribution in [0.2, 0.25) is 5.02 Å². The maximum Gasteiger partial charge on any atom is 0.129 e. The third-order valence-electron chi connectivity index (χ3n) is 4.26. The van der Waals surface area contributed by atoms with Crippen molar-refractivity contribution in [1.82, 2.24) is 10.3 Å². The number of aromatic nitrogens is 1. The van der Waals surface area contributed by atoms with Gasteiger partial charge in [0.15, 0.2) is 0 Å². The summed E-state index contributed by atoms with van der Waals surface area (Å²) in [5, 5.41) is 3.90. The average molecular weight is 310 g/mol. The lowest BCUT2D eigenvalue weighted by molar-refractivity contribution is 0.524. The predicted octanol–water partition coefficient (Wildman–Crippen LogP) is 4.25. The van der Waals surface area contributed by atoms with Crippen molar-refractivity contribution in [2.75, 3.05) is 18.5 Å². The van der Waals surface area contributed by atoms with E-state index in [9.17, 15) is 0 Å². The van der Waals surface area contributed by atoms with Crippen LogP contribution in [0.4, 0.5) is 5.82 Å². The van der Waals surface area contributed by atoms with Crippen LogP contribution in [0.25, 0.3) is 0 Å². The first kappa shape index (κ1) is 16.6. The van der Waals surface area contributed by atoms with Gasteiger partial charge < -0.3 is 10.2 Å². The Morgan fingerprint density at radius 3 is 2.67 bits per heavy atom. The fourth-order valence-corrected chi connectivity index (χ4v) is 3.19. The van der Waals surface area contributed by atoms with E-state index in [1.807, 2.05) is 13.1 Å². The molecule has 0 amide bonds. The number of rotatable bonds is 7. The van der Waals surface area contributed by atoms with E-state index < -0.39 is 0 Å². The van der Waals surface area contributed by atoms with Crippen LogP contribution in [0, 0.1) is 5.92 Å². The first-order chi connectivity index (χ1) is 10.1. The summed E-state index contributed by atoms with van der Waals surface area (Å²) in [4.78, 5) is 7.33. The average Bonchev–Trinajstić information content (AvgIpc) is 2.96. The molecule has 1 N–H and O–H groups in total. The van der Waals surface area contributed by atoms with E-state index in [4.69, 9.17) is 16.6 Å². The zero-order valence-electron chi connectivity index (χ0n) is 13.5. The fourth-order valence-electron chi connectivity index (χ4n) is 3.02. The van der Waals surface area contributed by atoms with Crippen molar-refractivity contribution in [3.05, 3.63) is 22.8 Å². The molecular weight excluding hydrogens is 282 g/mol. The molecule has 0 spiro atoms. The number of halogens is 1. The summed E-state index contributed by atoms with van der Waals surface area (Å²) in [7, 11) is 1.93. The number of anilines is 1. The molecule has 2 rings (SSSR count). The van der Waals surface area contributed by atoms with Crippen LogP contribution < -0.4 is 10.2 Å². The lowest BCUT2D eigenvalue weighted by Crippen LogP contribution is -2.35. The lowest BCUT2D eigenvalue weighted by atomic mass is 10.1. The standard InChI is InChI=1S/C17H28ClN3/c1-13(2)10-11-21(14-6-4-5-7-14)17-9-8-15(18)16(20-17)12-19-3/h8-9,13-14,19H,4-7,10-12H2,1-3H3. The van der Waals surface area contributed by atoms with Crippen molar-refractivity contribution in [3.8, 4) is 0 Å². The third-order valence-corrected chi connectivity index (χ3v) is 4.60. The van der Waals surface area contributed by atoms with Gasteiger partial charge in [-0.25, -0.2) is 4.98 Å². The molecule has 118 valence electrons. The molecule has 1 aliphatic rings. The molecule has 1 saturated carbocycles. The highest BCUT2D eigenvalue weighted by molar-refractivity contribution is 6.31. The molecule has 3 nitrogen and oxygen atoms in total. The van der Waals surface area contributed by atoms with Gasteiger partial charge in [-0.1, -0.05) is 38.3 Å². The van der Waals surface area contributed by atoms with Crippen molar-refractivity contribution in [2.24, 2.45) is 5.92 Å². The first-order valence-electron chi connectivity index (χ1n) is 8.18. The second-order valence-electron chi connectivity index (χ2n) is 6.44. The third kappa shape index (κ3) is 4.58. The number of nitrogens with one attached hydrogen (secondary N) is 1. The molecule has 21 heavy (non-hydrogen) atoms. The van der Waals surface area contributed by atoms with Crippen molar-refractivity contribution in [3.63, 3.8) is 0 Å². The van der Waals surface area contributed by atoms with Gasteiger partial charge in [-0.2, -0.15) is 0 Å².